The summed E-state index contributed by atoms with van der Waals surface area (Å²) >= 11 is 0. The summed E-state index contributed by atoms with van der Waals surface area (Å²) in [6, 6.07) is 0.612. The molecule has 1 aliphatic rings. The Morgan fingerprint density at radius 2 is 2.07 bits per heavy atom. The van der Waals surface area contributed by atoms with Gasteiger partial charge in [-0.2, -0.15) is 0 Å². The number of rotatable bonds is 4. The fourth-order valence-electron chi connectivity index (χ4n) is 1.61. The molecule has 0 aromatic carbocycles. The van der Waals surface area contributed by atoms with Crippen LogP contribution in [-0.2, 0) is 9.47 Å². The smallest absolute Gasteiger partial charge is 0.0935 e. The Balaban J connectivity index is 2.25. The number of ether oxygens (including phenoxy) is 2. The van der Waals surface area contributed by atoms with Crippen molar-refractivity contribution in [3.63, 3.8) is 0 Å². The van der Waals surface area contributed by atoms with Gasteiger partial charge in [0.25, 0.3) is 0 Å². The highest BCUT2D eigenvalue weighted by Crippen LogP contribution is 2.09. The molecule has 0 aromatic heterocycles. The van der Waals surface area contributed by atoms with Crippen LogP contribution in [0.2, 0.25) is 0 Å². The molecule has 84 valence electrons. The van der Waals surface area contributed by atoms with E-state index in [2.05, 4.69) is 32.6 Å². The molecule has 0 saturated carbocycles. The quantitative estimate of drug-likeness (QED) is 0.688. The zero-order valence-electron chi connectivity index (χ0n) is 9.82. The minimum Gasteiger partial charge on any atom is -0.376 e. The number of hydrogen-bond donors (Lipinski definition) is 0. The Morgan fingerprint density at radius 1 is 1.36 bits per heavy atom. The van der Waals surface area contributed by atoms with E-state index in [4.69, 9.17) is 9.47 Å². The minimum absolute atomic E-state index is 0.258. The highest BCUT2D eigenvalue weighted by Gasteiger charge is 2.22. The van der Waals surface area contributed by atoms with E-state index in [-0.39, 0.29) is 6.10 Å². The van der Waals surface area contributed by atoms with Gasteiger partial charge in [0.15, 0.2) is 0 Å². The second-order valence-electron chi connectivity index (χ2n) is 4.46. The lowest BCUT2D eigenvalue weighted by Crippen LogP contribution is -2.47. The summed E-state index contributed by atoms with van der Waals surface area (Å²) in [4.78, 5) is 2.44. The Morgan fingerprint density at radius 3 is 2.64 bits per heavy atom. The fourth-order valence-corrected chi connectivity index (χ4v) is 1.61. The third kappa shape index (κ3) is 3.95. The van der Waals surface area contributed by atoms with Gasteiger partial charge in [0.05, 0.1) is 25.4 Å². The molecule has 0 amide bonds. The van der Waals surface area contributed by atoms with Crippen LogP contribution in [-0.4, -0.2) is 49.5 Å². The van der Waals surface area contributed by atoms with Crippen molar-refractivity contribution in [1.29, 1.82) is 0 Å². The van der Waals surface area contributed by atoms with Gasteiger partial charge in [0.1, 0.15) is 0 Å². The van der Waals surface area contributed by atoms with Crippen LogP contribution in [0.3, 0.4) is 0 Å². The van der Waals surface area contributed by atoms with Gasteiger partial charge in [-0.05, 0) is 27.7 Å². The molecule has 1 rings (SSSR count). The van der Waals surface area contributed by atoms with Gasteiger partial charge >= 0.3 is 0 Å². The Hall–Kier alpha value is -0.120. The van der Waals surface area contributed by atoms with Crippen LogP contribution < -0.4 is 0 Å². The van der Waals surface area contributed by atoms with Crippen LogP contribution in [0.4, 0.5) is 0 Å². The summed E-state index contributed by atoms with van der Waals surface area (Å²) < 4.78 is 11.2. The van der Waals surface area contributed by atoms with Crippen LogP contribution >= 0.6 is 0 Å². The molecule has 3 nitrogen and oxygen atoms in total. The maximum Gasteiger partial charge on any atom is 0.0935 e. The average Bonchev–Trinajstić information content (AvgIpc) is 2.15. The first-order valence-electron chi connectivity index (χ1n) is 5.57. The van der Waals surface area contributed by atoms with Crippen LogP contribution in [0, 0.1) is 0 Å². The number of nitrogens with zero attached hydrogens (tertiary/aromatic N) is 1. The van der Waals surface area contributed by atoms with E-state index in [1.807, 2.05) is 0 Å². The summed E-state index contributed by atoms with van der Waals surface area (Å²) in [6.07, 6.45) is 0.557. The topological polar surface area (TPSA) is 21.7 Å². The summed E-state index contributed by atoms with van der Waals surface area (Å²) in [5, 5.41) is 0. The van der Waals surface area contributed by atoms with Crippen molar-refractivity contribution in [2.45, 2.75) is 45.9 Å². The van der Waals surface area contributed by atoms with Crippen molar-refractivity contribution < 1.29 is 9.47 Å². The molecule has 0 aliphatic carbocycles. The predicted molar refractivity (Wildman–Crippen MR) is 57.5 cm³/mol. The van der Waals surface area contributed by atoms with Gasteiger partial charge in [-0.3, -0.25) is 4.90 Å². The van der Waals surface area contributed by atoms with Crippen LogP contribution in [0.1, 0.15) is 27.7 Å². The Bertz CT molecular complexity index is 159. The highest BCUT2D eigenvalue weighted by molar-refractivity contribution is 4.73. The standard InChI is InChI=1S/C11H23NO2/c1-9(2)12-5-6-13-11(7-12)8-14-10(3)4/h9-11H,5-8H2,1-4H3/t11-/m0/s1. The van der Waals surface area contributed by atoms with Gasteiger partial charge in [0.2, 0.25) is 0 Å². The predicted octanol–water partition coefficient (Wildman–Crippen LogP) is 1.52. The van der Waals surface area contributed by atoms with Crippen LogP contribution in [0.5, 0.6) is 0 Å². The molecule has 0 unspecified atom stereocenters. The van der Waals surface area contributed by atoms with Gasteiger partial charge in [-0.15, -0.1) is 0 Å². The largest absolute Gasteiger partial charge is 0.376 e. The van der Waals surface area contributed by atoms with Gasteiger partial charge in [0, 0.05) is 19.1 Å². The van der Waals surface area contributed by atoms with Crippen molar-refractivity contribution in [3.8, 4) is 0 Å². The van der Waals surface area contributed by atoms with Gasteiger partial charge < -0.3 is 9.47 Å². The van der Waals surface area contributed by atoms with E-state index in [1.165, 1.54) is 0 Å². The van der Waals surface area contributed by atoms with Gasteiger partial charge in [-0.1, -0.05) is 0 Å². The molecule has 1 saturated heterocycles. The first-order valence-corrected chi connectivity index (χ1v) is 5.57. The Labute approximate surface area is 87.4 Å². The molecule has 0 N–H and O–H groups in total. The second-order valence-corrected chi connectivity index (χ2v) is 4.46. The summed E-state index contributed by atoms with van der Waals surface area (Å²) in [7, 11) is 0. The molecule has 0 aromatic rings. The van der Waals surface area contributed by atoms with E-state index >= 15 is 0 Å². The lowest BCUT2D eigenvalue weighted by atomic mass is 10.2. The lowest BCUT2D eigenvalue weighted by Gasteiger charge is -2.35. The van der Waals surface area contributed by atoms with Gasteiger partial charge in [-0.25, -0.2) is 0 Å². The van der Waals surface area contributed by atoms with Crippen LogP contribution in [0.25, 0.3) is 0 Å². The maximum absolute atomic E-state index is 5.64. The summed E-state index contributed by atoms with van der Waals surface area (Å²) in [5.74, 6) is 0. The monoisotopic (exact) mass is 201 g/mol. The van der Waals surface area contributed by atoms with Crippen molar-refractivity contribution in [2.24, 2.45) is 0 Å². The number of hydrogen-bond acceptors (Lipinski definition) is 3. The van der Waals surface area contributed by atoms with E-state index in [0.717, 1.165) is 26.3 Å². The normalized spacial score (nSPS) is 24.9. The lowest BCUT2D eigenvalue weighted by molar-refractivity contribution is -0.0855. The summed E-state index contributed by atoms with van der Waals surface area (Å²) in [5.41, 5.74) is 0. The Kier molecular flexibility index (Phi) is 4.85. The molecule has 1 fully saturated rings. The van der Waals surface area contributed by atoms with Crippen LogP contribution in [0.15, 0.2) is 0 Å². The molecule has 1 atom stereocenters. The van der Waals surface area contributed by atoms with E-state index < -0.39 is 0 Å². The second kappa shape index (κ2) is 5.69. The fraction of sp³-hybridized carbons (Fsp3) is 1.00. The molecule has 0 radical (unpaired) electrons. The molecular weight excluding hydrogens is 178 g/mol. The SMILES string of the molecule is CC(C)OC[C@@H]1CN(C(C)C)CCO1. The number of morpholine rings is 1. The van der Waals surface area contributed by atoms with Crippen molar-refractivity contribution in [3.05, 3.63) is 0 Å². The zero-order chi connectivity index (χ0) is 10.6. The van der Waals surface area contributed by atoms with Crippen molar-refractivity contribution >= 4 is 0 Å². The molecule has 3 heteroatoms. The minimum atomic E-state index is 0.258. The zero-order valence-corrected chi connectivity index (χ0v) is 9.82. The summed E-state index contributed by atoms with van der Waals surface area (Å²) in [6.45, 7) is 12.2. The van der Waals surface area contributed by atoms with E-state index in [0.29, 0.717) is 12.1 Å². The average molecular weight is 201 g/mol. The van der Waals surface area contributed by atoms with E-state index in [1.54, 1.807) is 0 Å². The molecule has 0 spiro atoms. The van der Waals surface area contributed by atoms with Crippen molar-refractivity contribution in [1.82, 2.24) is 4.90 Å². The molecule has 1 aliphatic heterocycles. The third-order valence-electron chi connectivity index (χ3n) is 2.52. The molecule has 1 heterocycles. The maximum atomic E-state index is 5.64. The molecular formula is C11H23NO2. The van der Waals surface area contributed by atoms with E-state index in [9.17, 15) is 0 Å². The van der Waals surface area contributed by atoms with Crippen molar-refractivity contribution in [2.75, 3.05) is 26.3 Å². The highest BCUT2D eigenvalue weighted by atomic mass is 16.5. The molecule has 14 heavy (non-hydrogen) atoms. The first-order chi connectivity index (χ1) is 6.59. The third-order valence-corrected chi connectivity index (χ3v) is 2.52. The first kappa shape index (κ1) is 12.0. The molecule has 0 bridgehead atoms.